The van der Waals surface area contributed by atoms with Crippen molar-refractivity contribution in [3.05, 3.63) is 0 Å². The summed E-state index contributed by atoms with van der Waals surface area (Å²) in [4.78, 5) is 0. The molecular weight excluding hydrogens is 212 g/mol. The molecule has 0 aliphatic carbocycles. The summed E-state index contributed by atoms with van der Waals surface area (Å²) in [6.07, 6.45) is 2.49. The van der Waals surface area contributed by atoms with Crippen LogP contribution in [-0.4, -0.2) is 28.6 Å². The van der Waals surface area contributed by atoms with Crippen LogP contribution in [0.5, 0.6) is 0 Å². The minimum Gasteiger partial charge on any atom is -0.271 e. The molecule has 84 valence electrons. The maximum atomic E-state index is 5.62. The Labute approximate surface area is 96.1 Å². The average molecular weight is 234 g/mol. The van der Waals surface area contributed by atoms with Gasteiger partial charge in [0.2, 0.25) is 0 Å². The molecule has 0 radical (unpaired) electrons. The molecule has 1 aliphatic rings. The van der Waals surface area contributed by atoms with Crippen molar-refractivity contribution in [3.63, 3.8) is 0 Å². The molecule has 2 atom stereocenters. The van der Waals surface area contributed by atoms with Crippen molar-refractivity contribution in [1.82, 2.24) is 5.43 Å². The van der Waals surface area contributed by atoms with E-state index in [0.717, 1.165) is 11.2 Å². The summed E-state index contributed by atoms with van der Waals surface area (Å²) in [5.41, 5.74) is 2.99. The second kappa shape index (κ2) is 6.99. The van der Waals surface area contributed by atoms with Crippen LogP contribution in [0.3, 0.4) is 0 Å². The Morgan fingerprint density at radius 1 is 1.36 bits per heavy atom. The molecule has 2 unspecified atom stereocenters. The monoisotopic (exact) mass is 234 g/mol. The predicted molar refractivity (Wildman–Crippen MR) is 68.8 cm³/mol. The van der Waals surface area contributed by atoms with E-state index in [0.29, 0.717) is 6.04 Å². The largest absolute Gasteiger partial charge is 0.271 e. The van der Waals surface area contributed by atoms with Gasteiger partial charge in [-0.1, -0.05) is 13.8 Å². The van der Waals surface area contributed by atoms with Gasteiger partial charge in [-0.3, -0.25) is 11.3 Å². The van der Waals surface area contributed by atoms with E-state index in [1.165, 1.54) is 30.1 Å². The maximum Gasteiger partial charge on any atom is 0.0337 e. The van der Waals surface area contributed by atoms with Crippen LogP contribution >= 0.6 is 23.5 Å². The first kappa shape index (κ1) is 12.7. The molecule has 1 saturated heterocycles. The zero-order valence-corrected chi connectivity index (χ0v) is 10.8. The molecule has 14 heavy (non-hydrogen) atoms. The van der Waals surface area contributed by atoms with Gasteiger partial charge in [-0.05, 0) is 18.8 Å². The second-order valence-corrected chi connectivity index (χ2v) is 6.73. The summed E-state index contributed by atoms with van der Waals surface area (Å²) in [6, 6.07) is 0.509. The lowest BCUT2D eigenvalue weighted by Gasteiger charge is -2.29. The topological polar surface area (TPSA) is 38.0 Å². The van der Waals surface area contributed by atoms with Crippen LogP contribution in [-0.2, 0) is 0 Å². The Bertz CT molecular complexity index is 147. The van der Waals surface area contributed by atoms with E-state index < -0.39 is 0 Å². The second-order valence-electron chi connectivity index (χ2n) is 4.23. The number of hydrazine groups is 1. The predicted octanol–water partition coefficient (Wildman–Crippen LogP) is 2.10. The van der Waals surface area contributed by atoms with Crippen molar-refractivity contribution >= 4 is 23.5 Å². The highest BCUT2D eigenvalue weighted by Crippen LogP contribution is 2.28. The summed E-state index contributed by atoms with van der Waals surface area (Å²) >= 11 is 4.15. The highest BCUT2D eigenvalue weighted by Gasteiger charge is 2.23. The molecule has 1 rings (SSSR count). The summed E-state index contributed by atoms with van der Waals surface area (Å²) in [5.74, 6) is 10.3. The third-order valence-electron chi connectivity index (χ3n) is 2.56. The molecule has 1 heterocycles. The van der Waals surface area contributed by atoms with Gasteiger partial charge < -0.3 is 0 Å². The van der Waals surface area contributed by atoms with Crippen molar-refractivity contribution in [3.8, 4) is 0 Å². The molecule has 0 spiro atoms. The molecule has 4 heteroatoms. The molecule has 0 aromatic heterocycles. The van der Waals surface area contributed by atoms with Gasteiger partial charge >= 0.3 is 0 Å². The third-order valence-corrected chi connectivity index (χ3v) is 5.48. The lowest BCUT2D eigenvalue weighted by molar-refractivity contribution is 0.435. The van der Waals surface area contributed by atoms with Crippen LogP contribution in [0, 0.1) is 5.92 Å². The van der Waals surface area contributed by atoms with Gasteiger partial charge in [0.05, 0.1) is 0 Å². The molecule has 2 nitrogen and oxygen atoms in total. The van der Waals surface area contributed by atoms with Crippen LogP contribution in [0.4, 0.5) is 0 Å². The average Bonchev–Trinajstić information content (AvgIpc) is 2.20. The number of hydrogen-bond acceptors (Lipinski definition) is 4. The molecule has 1 aliphatic heterocycles. The van der Waals surface area contributed by atoms with Gasteiger partial charge in [-0.15, -0.1) is 0 Å². The van der Waals surface area contributed by atoms with Crippen LogP contribution in [0.1, 0.15) is 26.7 Å². The molecule has 0 aromatic rings. The summed E-state index contributed by atoms with van der Waals surface area (Å²) < 4.78 is 0. The fraction of sp³-hybridized carbons (Fsp3) is 1.00. The standard InChI is InChI=1S/C10H22N2S2/c1-8(2)3-4-9(12-11)10-7-13-5-6-14-10/h8-10,12H,3-7,11H2,1-2H3. The number of thioether (sulfide) groups is 2. The zero-order valence-electron chi connectivity index (χ0n) is 9.16. The van der Waals surface area contributed by atoms with Crippen LogP contribution in [0.15, 0.2) is 0 Å². The van der Waals surface area contributed by atoms with Gasteiger partial charge in [-0.2, -0.15) is 23.5 Å². The highest BCUT2D eigenvalue weighted by molar-refractivity contribution is 8.06. The van der Waals surface area contributed by atoms with E-state index in [1.807, 2.05) is 0 Å². The Hall–Kier alpha value is 0.620. The Morgan fingerprint density at radius 3 is 2.64 bits per heavy atom. The van der Waals surface area contributed by atoms with Crippen molar-refractivity contribution in [2.24, 2.45) is 11.8 Å². The van der Waals surface area contributed by atoms with Gasteiger partial charge in [0.25, 0.3) is 0 Å². The van der Waals surface area contributed by atoms with E-state index in [1.54, 1.807) is 0 Å². The van der Waals surface area contributed by atoms with E-state index in [-0.39, 0.29) is 0 Å². The normalized spacial score (nSPS) is 25.3. The van der Waals surface area contributed by atoms with E-state index in [2.05, 4.69) is 42.8 Å². The lowest BCUT2D eigenvalue weighted by Crippen LogP contribution is -2.44. The lowest BCUT2D eigenvalue weighted by atomic mass is 10.0. The van der Waals surface area contributed by atoms with Crippen molar-refractivity contribution in [1.29, 1.82) is 0 Å². The van der Waals surface area contributed by atoms with E-state index >= 15 is 0 Å². The first-order valence-electron chi connectivity index (χ1n) is 5.39. The first-order valence-corrected chi connectivity index (χ1v) is 7.60. The Kier molecular flexibility index (Phi) is 6.33. The van der Waals surface area contributed by atoms with Crippen molar-refractivity contribution in [2.45, 2.75) is 38.0 Å². The number of rotatable bonds is 5. The summed E-state index contributed by atoms with van der Waals surface area (Å²) in [7, 11) is 0. The Morgan fingerprint density at radius 2 is 2.14 bits per heavy atom. The van der Waals surface area contributed by atoms with Crippen molar-refractivity contribution in [2.75, 3.05) is 17.3 Å². The van der Waals surface area contributed by atoms with Gasteiger partial charge in [0.1, 0.15) is 0 Å². The van der Waals surface area contributed by atoms with Crippen LogP contribution in [0.25, 0.3) is 0 Å². The van der Waals surface area contributed by atoms with E-state index in [9.17, 15) is 0 Å². The molecule has 3 N–H and O–H groups in total. The van der Waals surface area contributed by atoms with Crippen molar-refractivity contribution < 1.29 is 0 Å². The number of hydrogen-bond donors (Lipinski definition) is 2. The third kappa shape index (κ3) is 4.43. The first-order chi connectivity index (χ1) is 6.74. The summed E-state index contributed by atoms with van der Waals surface area (Å²) in [6.45, 7) is 4.55. The Balaban J connectivity index is 2.28. The minimum absolute atomic E-state index is 0.509. The SMILES string of the molecule is CC(C)CCC(NN)C1CSCCS1. The quantitative estimate of drug-likeness (QED) is 0.564. The summed E-state index contributed by atoms with van der Waals surface area (Å²) in [5, 5.41) is 0.720. The van der Waals surface area contributed by atoms with Gasteiger partial charge in [0, 0.05) is 28.6 Å². The molecule has 0 bridgehead atoms. The van der Waals surface area contributed by atoms with E-state index in [4.69, 9.17) is 5.84 Å². The van der Waals surface area contributed by atoms with Crippen LogP contribution < -0.4 is 11.3 Å². The zero-order chi connectivity index (χ0) is 10.4. The molecule has 1 fully saturated rings. The maximum absolute atomic E-state index is 5.62. The fourth-order valence-electron chi connectivity index (χ4n) is 1.63. The smallest absolute Gasteiger partial charge is 0.0337 e. The number of nitrogens with two attached hydrogens (primary N) is 1. The molecular formula is C10H22N2S2. The number of nitrogens with one attached hydrogen (secondary N) is 1. The molecule has 0 aromatic carbocycles. The molecule has 0 amide bonds. The minimum atomic E-state index is 0.509. The fourth-order valence-corrected chi connectivity index (χ4v) is 4.54. The van der Waals surface area contributed by atoms with Gasteiger partial charge in [-0.25, -0.2) is 0 Å². The van der Waals surface area contributed by atoms with Gasteiger partial charge in [0.15, 0.2) is 0 Å². The van der Waals surface area contributed by atoms with Crippen LogP contribution in [0.2, 0.25) is 0 Å². The molecule has 0 saturated carbocycles. The highest BCUT2D eigenvalue weighted by atomic mass is 32.2.